The molecule has 2 aliphatic rings. The first-order valence-electron chi connectivity index (χ1n) is 8.71. The average Bonchev–Trinajstić information content (AvgIpc) is 2.61. The third-order valence-corrected chi connectivity index (χ3v) is 6.05. The Kier molecular flexibility index (Phi) is 4.52. The molecule has 0 spiro atoms. The fourth-order valence-electron chi connectivity index (χ4n) is 3.50. The Hall–Kier alpha value is -1.86. The summed E-state index contributed by atoms with van der Waals surface area (Å²) in [7, 11) is 0. The molecule has 4 N–H and O–H groups in total. The lowest BCUT2D eigenvalue weighted by Crippen LogP contribution is -2.33. The van der Waals surface area contributed by atoms with E-state index in [1.165, 1.54) is 23.9 Å². The van der Waals surface area contributed by atoms with Crippen LogP contribution in [0.5, 0.6) is 0 Å². The maximum absolute atomic E-state index is 13.4. The number of nitrogens with two attached hydrogens (primary N) is 1. The lowest BCUT2D eigenvalue weighted by atomic mass is 9.91. The fraction of sp³-hybridized carbons (Fsp3) is 0.368. The zero-order valence-electron chi connectivity index (χ0n) is 14.1. The molecule has 0 bridgehead atoms. The second-order valence-corrected chi connectivity index (χ2v) is 7.96. The van der Waals surface area contributed by atoms with Crippen molar-refractivity contribution in [2.24, 2.45) is 5.73 Å². The van der Waals surface area contributed by atoms with E-state index in [1.807, 2.05) is 24.3 Å². The molecule has 1 aliphatic heterocycles. The van der Waals surface area contributed by atoms with Crippen molar-refractivity contribution in [1.82, 2.24) is 0 Å². The molecule has 1 heterocycles. The van der Waals surface area contributed by atoms with Crippen LogP contribution in [-0.2, 0) is 6.18 Å². The maximum Gasteiger partial charge on any atom is 0.416 e. The van der Waals surface area contributed by atoms with Crippen molar-refractivity contribution in [2.75, 3.05) is 10.6 Å². The zero-order chi connectivity index (χ0) is 18.3. The highest BCUT2D eigenvalue weighted by molar-refractivity contribution is 7.99. The van der Waals surface area contributed by atoms with Gasteiger partial charge in [-0.3, -0.25) is 0 Å². The minimum Gasteiger partial charge on any atom is -0.381 e. The molecule has 0 amide bonds. The molecular formula is C19H20F3N3S. The van der Waals surface area contributed by atoms with Gasteiger partial charge >= 0.3 is 6.18 Å². The van der Waals surface area contributed by atoms with Crippen molar-refractivity contribution in [1.29, 1.82) is 0 Å². The summed E-state index contributed by atoms with van der Waals surface area (Å²) in [6, 6.07) is 10.4. The van der Waals surface area contributed by atoms with Gasteiger partial charge in [-0.05, 0) is 49.9 Å². The first kappa shape index (κ1) is 17.5. The molecular weight excluding hydrogens is 359 g/mol. The Bertz CT molecular complexity index is 814. The number of nitrogens with one attached hydrogen (secondary N) is 2. The van der Waals surface area contributed by atoms with Crippen molar-refractivity contribution in [3.05, 3.63) is 42.0 Å². The van der Waals surface area contributed by atoms with Crippen LogP contribution >= 0.6 is 11.8 Å². The average molecular weight is 379 g/mol. The fourth-order valence-corrected chi connectivity index (χ4v) is 4.56. The van der Waals surface area contributed by atoms with Crippen LogP contribution in [0, 0.1) is 0 Å². The van der Waals surface area contributed by atoms with Crippen molar-refractivity contribution >= 4 is 28.8 Å². The molecule has 0 atom stereocenters. The van der Waals surface area contributed by atoms with Crippen LogP contribution in [0.25, 0.3) is 0 Å². The largest absolute Gasteiger partial charge is 0.416 e. The third-order valence-electron chi connectivity index (χ3n) is 4.93. The number of fused-ring (bicyclic) bond motifs is 2. The van der Waals surface area contributed by atoms with E-state index in [0.29, 0.717) is 10.6 Å². The van der Waals surface area contributed by atoms with E-state index >= 15 is 0 Å². The summed E-state index contributed by atoms with van der Waals surface area (Å²) >= 11 is 1.37. The topological polar surface area (TPSA) is 50.1 Å². The van der Waals surface area contributed by atoms with Crippen LogP contribution in [0.3, 0.4) is 0 Å². The van der Waals surface area contributed by atoms with Crippen LogP contribution in [-0.4, -0.2) is 12.1 Å². The van der Waals surface area contributed by atoms with Crippen LogP contribution in [0.2, 0.25) is 0 Å². The molecule has 1 aliphatic carbocycles. The van der Waals surface area contributed by atoms with Gasteiger partial charge in [0.05, 0.1) is 22.6 Å². The molecule has 7 heteroatoms. The van der Waals surface area contributed by atoms with E-state index in [2.05, 4.69) is 10.6 Å². The smallest absolute Gasteiger partial charge is 0.381 e. The molecule has 1 saturated carbocycles. The maximum atomic E-state index is 13.4. The number of anilines is 3. The summed E-state index contributed by atoms with van der Waals surface area (Å²) in [6.45, 7) is 0. The van der Waals surface area contributed by atoms with Gasteiger partial charge in [-0.2, -0.15) is 13.2 Å². The summed E-state index contributed by atoms with van der Waals surface area (Å²) in [5.41, 5.74) is 7.46. The van der Waals surface area contributed by atoms with Gasteiger partial charge in [-0.15, -0.1) is 0 Å². The highest BCUT2D eigenvalue weighted by atomic mass is 32.2. The van der Waals surface area contributed by atoms with Gasteiger partial charge in [0.25, 0.3) is 0 Å². The summed E-state index contributed by atoms with van der Waals surface area (Å²) in [5.74, 6) is 0. The Balaban J connectivity index is 1.70. The van der Waals surface area contributed by atoms with E-state index in [9.17, 15) is 13.2 Å². The number of alkyl halides is 3. The van der Waals surface area contributed by atoms with E-state index in [1.54, 1.807) is 0 Å². The van der Waals surface area contributed by atoms with Crippen LogP contribution in [0.1, 0.15) is 31.2 Å². The minimum absolute atomic E-state index is 0.145. The Labute approximate surface area is 154 Å². The molecule has 3 nitrogen and oxygen atoms in total. The van der Waals surface area contributed by atoms with Gasteiger partial charge < -0.3 is 16.4 Å². The number of benzene rings is 2. The molecule has 4 rings (SSSR count). The zero-order valence-corrected chi connectivity index (χ0v) is 14.9. The molecule has 2 aromatic carbocycles. The van der Waals surface area contributed by atoms with Gasteiger partial charge in [0.1, 0.15) is 0 Å². The lowest BCUT2D eigenvalue weighted by Gasteiger charge is -2.31. The lowest BCUT2D eigenvalue weighted by molar-refractivity contribution is -0.137. The van der Waals surface area contributed by atoms with E-state index < -0.39 is 11.7 Å². The highest BCUT2D eigenvalue weighted by Gasteiger charge is 2.34. The van der Waals surface area contributed by atoms with Crippen LogP contribution in [0.4, 0.5) is 30.2 Å². The van der Waals surface area contributed by atoms with Gasteiger partial charge in [-0.1, -0.05) is 23.9 Å². The Morgan fingerprint density at radius 1 is 1.04 bits per heavy atom. The molecule has 0 saturated heterocycles. The predicted octanol–water partition coefficient (Wildman–Crippen LogP) is 5.60. The van der Waals surface area contributed by atoms with E-state index in [-0.39, 0.29) is 12.1 Å². The van der Waals surface area contributed by atoms with Gasteiger partial charge in [0, 0.05) is 21.9 Å². The van der Waals surface area contributed by atoms with Crippen molar-refractivity contribution < 1.29 is 13.2 Å². The number of hydrogen-bond acceptors (Lipinski definition) is 4. The molecule has 1 fully saturated rings. The quantitative estimate of drug-likeness (QED) is 0.543. The standard InChI is InChI=1S/C19H20F3N3S/c20-19(21,22)11-9-15(24-13-7-5-12(23)6-8-13)18-17(10-11)26-16-4-2-1-3-14(16)25-18/h1-4,9-10,12-13,24-25H,5-8,23H2. The Morgan fingerprint density at radius 2 is 1.77 bits per heavy atom. The summed E-state index contributed by atoms with van der Waals surface area (Å²) in [4.78, 5) is 1.52. The molecule has 0 aromatic heterocycles. The molecule has 0 radical (unpaired) electrons. The second-order valence-electron chi connectivity index (χ2n) is 6.87. The van der Waals surface area contributed by atoms with Crippen molar-refractivity contribution in [3.63, 3.8) is 0 Å². The van der Waals surface area contributed by atoms with E-state index in [4.69, 9.17) is 5.73 Å². The van der Waals surface area contributed by atoms with Crippen LogP contribution < -0.4 is 16.4 Å². The number of hydrogen-bond donors (Lipinski definition) is 3. The number of para-hydroxylation sites is 1. The molecule has 26 heavy (non-hydrogen) atoms. The summed E-state index contributed by atoms with van der Waals surface area (Å²) in [6.07, 6.45) is -0.850. The molecule has 2 aromatic rings. The number of rotatable bonds is 2. The summed E-state index contributed by atoms with van der Waals surface area (Å²) < 4.78 is 40.2. The Morgan fingerprint density at radius 3 is 2.50 bits per heavy atom. The third kappa shape index (κ3) is 3.50. The second kappa shape index (κ2) is 6.70. The predicted molar refractivity (Wildman–Crippen MR) is 99.1 cm³/mol. The minimum atomic E-state index is -4.38. The van der Waals surface area contributed by atoms with E-state index in [0.717, 1.165) is 42.0 Å². The monoisotopic (exact) mass is 379 g/mol. The van der Waals surface area contributed by atoms with Gasteiger partial charge in [0.2, 0.25) is 0 Å². The first-order valence-corrected chi connectivity index (χ1v) is 9.53. The van der Waals surface area contributed by atoms with Gasteiger partial charge in [-0.25, -0.2) is 0 Å². The SMILES string of the molecule is NC1CCC(Nc2cc(C(F)(F)F)cc3c2Nc2ccccc2S3)CC1. The first-order chi connectivity index (χ1) is 12.4. The normalized spacial score (nSPS) is 22.2. The van der Waals surface area contributed by atoms with Crippen LogP contribution in [0.15, 0.2) is 46.2 Å². The summed E-state index contributed by atoms with van der Waals surface area (Å²) in [5, 5.41) is 6.65. The highest BCUT2D eigenvalue weighted by Crippen LogP contribution is 2.49. The van der Waals surface area contributed by atoms with Crippen molar-refractivity contribution in [2.45, 2.75) is 53.7 Å². The number of halogens is 3. The molecule has 138 valence electrons. The van der Waals surface area contributed by atoms with Crippen molar-refractivity contribution in [3.8, 4) is 0 Å². The molecule has 0 unspecified atom stereocenters. The van der Waals surface area contributed by atoms with Gasteiger partial charge in [0.15, 0.2) is 0 Å².